The monoisotopic (exact) mass is 550 g/mol. The number of rotatable bonds is 10. The van der Waals surface area contributed by atoms with Gasteiger partial charge < -0.3 is 15.0 Å². The quantitative estimate of drug-likeness (QED) is 0.242. The summed E-state index contributed by atoms with van der Waals surface area (Å²) in [5.74, 6) is -0.680. The van der Waals surface area contributed by atoms with E-state index in [9.17, 15) is 14.0 Å². The van der Waals surface area contributed by atoms with Crippen LogP contribution in [0.5, 0.6) is 5.75 Å². The van der Waals surface area contributed by atoms with Crippen molar-refractivity contribution in [2.45, 2.75) is 19.1 Å². The second-order valence-electron chi connectivity index (χ2n) is 8.52. The van der Waals surface area contributed by atoms with Gasteiger partial charge in [0.15, 0.2) is 6.61 Å². The lowest BCUT2D eigenvalue weighted by Gasteiger charge is -2.31. The van der Waals surface area contributed by atoms with Crippen LogP contribution in [-0.4, -0.2) is 23.3 Å². The Bertz CT molecular complexity index is 1370. The van der Waals surface area contributed by atoms with Crippen molar-refractivity contribution in [2.75, 3.05) is 6.61 Å². The molecule has 4 rings (SSSR count). The topological polar surface area (TPSA) is 58.6 Å². The van der Waals surface area contributed by atoms with Crippen LogP contribution in [0.4, 0.5) is 4.39 Å². The number of carbonyl (C=O) groups is 2. The molecule has 0 spiro atoms. The summed E-state index contributed by atoms with van der Waals surface area (Å²) in [4.78, 5) is 28.7. The fourth-order valence-electron chi connectivity index (χ4n) is 3.91. The Morgan fingerprint density at radius 1 is 0.868 bits per heavy atom. The first-order valence-electron chi connectivity index (χ1n) is 11.9. The van der Waals surface area contributed by atoms with Gasteiger partial charge in [0.25, 0.3) is 5.91 Å². The maximum Gasteiger partial charge on any atom is 0.261 e. The highest BCUT2D eigenvalue weighted by molar-refractivity contribution is 6.35. The van der Waals surface area contributed by atoms with Crippen LogP contribution in [0.1, 0.15) is 22.7 Å². The largest absolute Gasteiger partial charge is 0.484 e. The lowest BCUT2D eigenvalue weighted by Crippen LogP contribution is -2.45. The number of amides is 2. The molecule has 0 aliphatic carbocycles. The molecule has 0 bridgehead atoms. The molecule has 0 fully saturated rings. The van der Waals surface area contributed by atoms with Gasteiger partial charge in [0.05, 0.1) is 0 Å². The minimum atomic E-state index is -0.987. The Kier molecular flexibility index (Phi) is 9.35. The second kappa shape index (κ2) is 13.1. The average molecular weight is 551 g/mol. The van der Waals surface area contributed by atoms with Crippen LogP contribution in [0.2, 0.25) is 10.0 Å². The number of halogens is 3. The van der Waals surface area contributed by atoms with Gasteiger partial charge in [-0.15, -0.1) is 0 Å². The Hall–Kier alpha value is -3.87. The van der Waals surface area contributed by atoms with E-state index < -0.39 is 23.7 Å². The van der Waals surface area contributed by atoms with Crippen LogP contribution in [0.3, 0.4) is 0 Å². The molecular weight excluding hydrogens is 526 g/mol. The summed E-state index contributed by atoms with van der Waals surface area (Å²) in [5, 5.41) is 3.81. The van der Waals surface area contributed by atoms with Crippen molar-refractivity contribution in [1.82, 2.24) is 10.2 Å². The first-order valence-corrected chi connectivity index (χ1v) is 12.6. The molecule has 0 radical (unpaired) electrons. The van der Waals surface area contributed by atoms with E-state index in [4.69, 9.17) is 27.9 Å². The number of carbonyl (C=O) groups excluding carboxylic acids is 2. The van der Waals surface area contributed by atoms with E-state index in [1.165, 1.54) is 17.0 Å². The molecule has 0 unspecified atom stereocenters. The van der Waals surface area contributed by atoms with Gasteiger partial charge in [-0.1, -0.05) is 89.9 Å². The third kappa shape index (κ3) is 7.34. The van der Waals surface area contributed by atoms with Gasteiger partial charge in [-0.05, 0) is 53.1 Å². The lowest BCUT2D eigenvalue weighted by atomic mass is 10.0. The highest BCUT2D eigenvalue weighted by atomic mass is 35.5. The molecular formula is C30H25Cl2FN2O3. The molecule has 0 saturated carbocycles. The van der Waals surface area contributed by atoms with Crippen LogP contribution in [-0.2, 0) is 22.7 Å². The van der Waals surface area contributed by atoms with Crippen molar-refractivity contribution in [3.8, 4) is 5.75 Å². The predicted molar refractivity (Wildman–Crippen MR) is 146 cm³/mol. The highest BCUT2D eigenvalue weighted by Gasteiger charge is 2.32. The summed E-state index contributed by atoms with van der Waals surface area (Å²) >= 11 is 12.3. The van der Waals surface area contributed by atoms with Crippen molar-refractivity contribution >= 4 is 35.0 Å². The van der Waals surface area contributed by atoms with E-state index in [1.54, 1.807) is 78.9 Å². The third-order valence-electron chi connectivity index (χ3n) is 5.84. The fraction of sp³-hybridized carbons (Fsp3) is 0.133. The molecule has 0 saturated heterocycles. The Morgan fingerprint density at radius 3 is 2.18 bits per heavy atom. The molecule has 0 heterocycles. The molecule has 1 N–H and O–H groups in total. The number of ether oxygens (including phenoxy) is 1. The van der Waals surface area contributed by atoms with Crippen LogP contribution in [0, 0.1) is 5.82 Å². The molecule has 8 heteroatoms. The predicted octanol–water partition coefficient (Wildman–Crippen LogP) is 6.60. The molecule has 1 atom stereocenters. The third-order valence-corrected chi connectivity index (χ3v) is 6.42. The van der Waals surface area contributed by atoms with E-state index in [0.717, 1.165) is 0 Å². The van der Waals surface area contributed by atoms with E-state index in [1.807, 2.05) is 12.1 Å². The molecule has 194 valence electrons. The summed E-state index contributed by atoms with van der Waals surface area (Å²) < 4.78 is 19.3. The molecule has 4 aromatic rings. The second-order valence-corrected chi connectivity index (χ2v) is 9.36. The Balaban J connectivity index is 1.63. The molecule has 2 amide bonds. The molecule has 5 nitrogen and oxygen atoms in total. The van der Waals surface area contributed by atoms with Gasteiger partial charge in [-0.3, -0.25) is 9.59 Å². The highest BCUT2D eigenvalue weighted by Crippen LogP contribution is 2.26. The smallest absolute Gasteiger partial charge is 0.261 e. The maximum absolute atomic E-state index is 13.7. The van der Waals surface area contributed by atoms with Crippen LogP contribution in [0.25, 0.3) is 0 Å². The van der Waals surface area contributed by atoms with Gasteiger partial charge in [-0.25, -0.2) is 4.39 Å². The van der Waals surface area contributed by atoms with Gasteiger partial charge >= 0.3 is 0 Å². The van der Waals surface area contributed by atoms with Crippen LogP contribution in [0.15, 0.2) is 103 Å². The van der Waals surface area contributed by atoms with Crippen molar-refractivity contribution in [3.05, 3.63) is 136 Å². The number of para-hydroxylation sites is 1. The molecule has 38 heavy (non-hydrogen) atoms. The SMILES string of the molecule is O=C(NCc1ccc(Cl)cc1Cl)[C@H](c1ccccc1)N(Cc1ccc(F)cc1)C(=O)COc1ccccc1. The van der Waals surface area contributed by atoms with Crippen molar-refractivity contribution < 1.29 is 18.7 Å². The zero-order valence-electron chi connectivity index (χ0n) is 20.3. The minimum Gasteiger partial charge on any atom is -0.484 e. The standard InChI is InChI=1S/C30H25Cl2FN2O3/c31-24-14-13-23(27(32)17-24)18-34-30(37)29(22-7-3-1-4-8-22)35(19-21-11-15-25(33)16-12-21)28(36)20-38-26-9-5-2-6-10-26/h1-17,29H,18-20H2,(H,34,37)/t29-/m0/s1. The fourth-order valence-corrected chi connectivity index (χ4v) is 4.38. The number of nitrogens with one attached hydrogen (secondary N) is 1. The number of hydrogen-bond acceptors (Lipinski definition) is 3. The van der Waals surface area contributed by atoms with E-state index in [-0.39, 0.29) is 19.7 Å². The zero-order chi connectivity index (χ0) is 26.9. The maximum atomic E-state index is 13.7. The lowest BCUT2D eigenvalue weighted by molar-refractivity contribution is -0.143. The average Bonchev–Trinajstić information content (AvgIpc) is 2.93. The van der Waals surface area contributed by atoms with Crippen molar-refractivity contribution in [3.63, 3.8) is 0 Å². The van der Waals surface area contributed by atoms with Crippen LogP contribution >= 0.6 is 23.2 Å². The molecule has 0 aliphatic heterocycles. The van der Waals surface area contributed by atoms with E-state index >= 15 is 0 Å². The first-order chi connectivity index (χ1) is 18.4. The number of hydrogen-bond donors (Lipinski definition) is 1. The van der Waals surface area contributed by atoms with Gasteiger partial charge in [-0.2, -0.15) is 0 Å². The normalized spacial score (nSPS) is 11.4. The zero-order valence-corrected chi connectivity index (χ0v) is 21.8. The summed E-state index contributed by atoms with van der Waals surface area (Å²) in [6.45, 7) is -0.0892. The number of nitrogens with zero attached hydrogens (tertiary/aromatic N) is 1. The first kappa shape index (κ1) is 27.2. The summed E-state index contributed by atoms with van der Waals surface area (Å²) in [5.41, 5.74) is 1.95. The summed E-state index contributed by atoms with van der Waals surface area (Å²) in [6.07, 6.45) is 0. The molecule has 0 aromatic heterocycles. The number of benzene rings is 4. The Morgan fingerprint density at radius 2 is 1.53 bits per heavy atom. The summed E-state index contributed by atoms with van der Waals surface area (Å²) in [7, 11) is 0. The van der Waals surface area contributed by atoms with Crippen molar-refractivity contribution in [1.29, 1.82) is 0 Å². The minimum absolute atomic E-state index is 0.0615. The molecule has 4 aromatic carbocycles. The molecule has 0 aliphatic rings. The van der Waals surface area contributed by atoms with Gasteiger partial charge in [0.2, 0.25) is 5.91 Å². The van der Waals surface area contributed by atoms with Crippen LogP contribution < -0.4 is 10.1 Å². The van der Waals surface area contributed by atoms with Gasteiger partial charge in [0, 0.05) is 23.1 Å². The summed E-state index contributed by atoms with van der Waals surface area (Å²) in [6, 6.07) is 27.8. The van der Waals surface area contributed by atoms with E-state index in [0.29, 0.717) is 32.5 Å². The van der Waals surface area contributed by atoms with Crippen molar-refractivity contribution in [2.24, 2.45) is 0 Å². The van der Waals surface area contributed by atoms with Gasteiger partial charge in [0.1, 0.15) is 17.6 Å². The Labute approximate surface area is 230 Å². The van der Waals surface area contributed by atoms with E-state index in [2.05, 4.69) is 5.32 Å².